The summed E-state index contributed by atoms with van der Waals surface area (Å²) < 4.78 is 30.4. The molecule has 14 heavy (non-hydrogen) atoms. The summed E-state index contributed by atoms with van der Waals surface area (Å²) in [5.74, 6) is -1.32. The van der Waals surface area contributed by atoms with Gasteiger partial charge in [-0.05, 0) is 24.4 Å². The van der Waals surface area contributed by atoms with Crippen LogP contribution < -0.4 is 0 Å². The van der Waals surface area contributed by atoms with E-state index in [0.29, 0.717) is 0 Å². The van der Waals surface area contributed by atoms with E-state index < -0.39 is 11.6 Å². The summed E-state index contributed by atoms with van der Waals surface area (Å²) in [6, 6.07) is 2.99. The van der Waals surface area contributed by atoms with E-state index in [9.17, 15) is 8.78 Å². The maximum atomic E-state index is 12.8. The number of aromatic amines is 1. The minimum Gasteiger partial charge on any atom is -0.409 e. The molecule has 0 atom stereocenters. The fraction of sp³-hybridized carbons (Fsp3) is 0. The highest BCUT2D eigenvalue weighted by atomic mass is 32.1. The highest BCUT2D eigenvalue weighted by Crippen LogP contribution is 2.19. The monoisotopic (exact) mass is 214 g/mol. The summed E-state index contributed by atoms with van der Waals surface area (Å²) >= 11 is 4.63. The summed E-state index contributed by atoms with van der Waals surface area (Å²) in [5, 5.41) is 6.00. The van der Waals surface area contributed by atoms with Crippen molar-refractivity contribution in [3.8, 4) is 11.5 Å². The lowest BCUT2D eigenvalue weighted by atomic mass is 10.2. The van der Waals surface area contributed by atoms with Crippen molar-refractivity contribution in [2.24, 2.45) is 0 Å². The number of hydrogen-bond acceptors (Lipinski definition) is 3. The molecule has 2 aromatic rings. The molecular weight excluding hydrogens is 210 g/mol. The Balaban J connectivity index is 2.56. The van der Waals surface area contributed by atoms with Gasteiger partial charge in [0.25, 0.3) is 4.84 Å². The van der Waals surface area contributed by atoms with Gasteiger partial charge in [-0.25, -0.2) is 13.9 Å². The van der Waals surface area contributed by atoms with Crippen molar-refractivity contribution in [1.82, 2.24) is 10.2 Å². The third kappa shape index (κ3) is 1.69. The van der Waals surface area contributed by atoms with Crippen molar-refractivity contribution in [3.05, 3.63) is 34.7 Å². The first-order chi connectivity index (χ1) is 6.65. The van der Waals surface area contributed by atoms with Crippen molar-refractivity contribution >= 4 is 12.2 Å². The van der Waals surface area contributed by atoms with Crippen molar-refractivity contribution in [2.45, 2.75) is 0 Å². The summed E-state index contributed by atoms with van der Waals surface area (Å²) in [4.78, 5) is 0.0599. The van der Waals surface area contributed by atoms with E-state index in [1.807, 2.05) is 0 Å². The largest absolute Gasteiger partial charge is 0.409 e. The Morgan fingerprint density at radius 2 is 1.86 bits per heavy atom. The number of nitrogens with one attached hydrogen (secondary N) is 1. The highest BCUT2D eigenvalue weighted by Gasteiger charge is 2.07. The third-order valence-electron chi connectivity index (χ3n) is 1.55. The number of benzene rings is 1. The zero-order valence-electron chi connectivity index (χ0n) is 6.75. The molecule has 6 heteroatoms. The summed E-state index contributed by atoms with van der Waals surface area (Å²) in [6.45, 7) is 0. The van der Waals surface area contributed by atoms with Crippen molar-refractivity contribution < 1.29 is 13.2 Å². The number of aromatic nitrogens is 2. The molecule has 3 nitrogen and oxygen atoms in total. The van der Waals surface area contributed by atoms with Crippen molar-refractivity contribution in [2.75, 3.05) is 0 Å². The van der Waals surface area contributed by atoms with Crippen LogP contribution in [0.4, 0.5) is 8.78 Å². The number of rotatable bonds is 1. The molecule has 0 saturated carbocycles. The van der Waals surface area contributed by atoms with Gasteiger partial charge in [0.05, 0.1) is 0 Å². The van der Waals surface area contributed by atoms with Crippen LogP contribution in [0.2, 0.25) is 0 Å². The molecule has 0 saturated heterocycles. The minimum atomic E-state index is -0.691. The lowest BCUT2D eigenvalue weighted by Gasteiger charge is -1.95. The van der Waals surface area contributed by atoms with E-state index >= 15 is 0 Å². The van der Waals surface area contributed by atoms with E-state index in [1.165, 1.54) is 0 Å². The van der Waals surface area contributed by atoms with E-state index in [2.05, 4.69) is 22.4 Å². The molecule has 1 N–H and O–H groups in total. The molecule has 0 radical (unpaired) electrons. The lowest BCUT2D eigenvalue weighted by molar-refractivity contribution is 0.547. The average molecular weight is 214 g/mol. The molecule has 0 aliphatic heterocycles. The molecule has 2 rings (SSSR count). The number of nitrogens with zero attached hydrogens (tertiary/aromatic N) is 1. The van der Waals surface area contributed by atoms with Gasteiger partial charge in [0.1, 0.15) is 11.6 Å². The molecule has 72 valence electrons. The second kappa shape index (κ2) is 3.30. The van der Waals surface area contributed by atoms with Gasteiger partial charge < -0.3 is 4.42 Å². The number of halogens is 2. The second-order valence-corrected chi connectivity index (χ2v) is 2.95. The van der Waals surface area contributed by atoms with Crippen molar-refractivity contribution in [1.29, 1.82) is 0 Å². The Morgan fingerprint density at radius 3 is 2.36 bits per heavy atom. The molecule has 0 spiro atoms. The Labute approximate surface area is 82.4 Å². The predicted octanol–water partition coefficient (Wildman–Crippen LogP) is 2.68. The summed E-state index contributed by atoms with van der Waals surface area (Å²) in [7, 11) is 0. The zero-order chi connectivity index (χ0) is 10.1. The van der Waals surface area contributed by atoms with Gasteiger partial charge in [0, 0.05) is 11.6 Å². The molecule has 1 aromatic carbocycles. The van der Waals surface area contributed by atoms with Crippen LogP contribution in [0.1, 0.15) is 0 Å². The van der Waals surface area contributed by atoms with Crippen LogP contribution in [-0.2, 0) is 0 Å². The average Bonchev–Trinajstić information content (AvgIpc) is 2.50. The van der Waals surface area contributed by atoms with Crippen LogP contribution in [0.15, 0.2) is 22.6 Å². The molecule has 0 unspecified atom stereocenters. The standard InChI is InChI=1S/C8H4F2N2OS/c9-5-1-4(2-6(10)3-5)7-11-12-8(14)13-7/h1-3H,(H,12,14). The smallest absolute Gasteiger partial charge is 0.284 e. The first kappa shape index (κ1) is 9.01. The fourth-order valence-electron chi connectivity index (χ4n) is 1.03. The normalized spacial score (nSPS) is 10.4. The highest BCUT2D eigenvalue weighted by molar-refractivity contribution is 7.71. The first-order valence-electron chi connectivity index (χ1n) is 3.67. The van der Waals surface area contributed by atoms with Gasteiger partial charge >= 0.3 is 0 Å². The van der Waals surface area contributed by atoms with Gasteiger partial charge in [0.2, 0.25) is 5.89 Å². The van der Waals surface area contributed by atoms with Crippen LogP contribution in [0.3, 0.4) is 0 Å². The van der Waals surface area contributed by atoms with E-state index in [0.717, 1.165) is 18.2 Å². The third-order valence-corrected chi connectivity index (χ3v) is 1.72. The zero-order valence-corrected chi connectivity index (χ0v) is 7.57. The van der Waals surface area contributed by atoms with Crippen LogP contribution in [0.25, 0.3) is 11.5 Å². The Kier molecular flexibility index (Phi) is 2.12. The molecule has 1 aromatic heterocycles. The molecule has 1 heterocycles. The van der Waals surface area contributed by atoms with Crippen molar-refractivity contribution in [3.63, 3.8) is 0 Å². The van der Waals surface area contributed by atoms with E-state index in [-0.39, 0.29) is 16.3 Å². The Morgan fingerprint density at radius 1 is 1.21 bits per heavy atom. The van der Waals surface area contributed by atoms with Crippen LogP contribution >= 0.6 is 12.2 Å². The van der Waals surface area contributed by atoms with Crippen LogP contribution in [0, 0.1) is 16.5 Å². The van der Waals surface area contributed by atoms with Gasteiger partial charge in [-0.15, -0.1) is 5.10 Å². The number of hydrogen-bond donors (Lipinski definition) is 1. The van der Waals surface area contributed by atoms with Crippen LogP contribution in [-0.4, -0.2) is 10.2 Å². The molecule has 0 amide bonds. The Bertz CT molecular complexity index is 500. The molecule has 0 bridgehead atoms. The number of H-pyrrole nitrogens is 1. The van der Waals surface area contributed by atoms with Gasteiger partial charge in [0.15, 0.2) is 0 Å². The topological polar surface area (TPSA) is 41.8 Å². The Hall–Kier alpha value is -1.56. The second-order valence-electron chi connectivity index (χ2n) is 2.58. The van der Waals surface area contributed by atoms with Crippen LogP contribution in [0.5, 0.6) is 0 Å². The fourth-order valence-corrected chi connectivity index (χ4v) is 1.16. The molecule has 0 aliphatic carbocycles. The van der Waals surface area contributed by atoms with Gasteiger partial charge in [-0.3, -0.25) is 0 Å². The predicted molar refractivity (Wildman–Crippen MR) is 47.0 cm³/mol. The lowest BCUT2D eigenvalue weighted by Crippen LogP contribution is -1.84. The maximum Gasteiger partial charge on any atom is 0.284 e. The summed E-state index contributed by atoms with van der Waals surface area (Å²) in [5.41, 5.74) is 0.204. The van der Waals surface area contributed by atoms with E-state index in [4.69, 9.17) is 4.42 Å². The van der Waals surface area contributed by atoms with E-state index in [1.54, 1.807) is 0 Å². The van der Waals surface area contributed by atoms with Gasteiger partial charge in [-0.2, -0.15) is 0 Å². The van der Waals surface area contributed by atoms with Gasteiger partial charge in [-0.1, -0.05) is 0 Å². The first-order valence-corrected chi connectivity index (χ1v) is 4.08. The molecular formula is C8H4F2N2OS. The SMILES string of the molecule is Fc1cc(F)cc(-c2n[nH]c(=S)o2)c1. The maximum absolute atomic E-state index is 12.8. The molecule has 0 fully saturated rings. The molecule has 0 aliphatic rings. The minimum absolute atomic E-state index is 0.0599. The summed E-state index contributed by atoms with van der Waals surface area (Å²) in [6.07, 6.45) is 0. The quantitative estimate of drug-likeness (QED) is 0.742.